The van der Waals surface area contributed by atoms with Crippen molar-refractivity contribution in [2.75, 3.05) is 25.5 Å². The molecule has 2 aliphatic rings. The molecule has 0 atom stereocenters. The van der Waals surface area contributed by atoms with Crippen LogP contribution in [0.3, 0.4) is 0 Å². The number of rotatable bonds is 5. The van der Waals surface area contributed by atoms with Gasteiger partial charge in [-0.25, -0.2) is 0 Å². The summed E-state index contributed by atoms with van der Waals surface area (Å²) in [6.45, 7) is 3.43. The van der Waals surface area contributed by atoms with Gasteiger partial charge in [0.1, 0.15) is 5.75 Å². The highest BCUT2D eigenvalue weighted by atomic mass is 16.5. The van der Waals surface area contributed by atoms with Gasteiger partial charge in [0, 0.05) is 42.4 Å². The molecule has 1 saturated heterocycles. The highest BCUT2D eigenvalue weighted by Crippen LogP contribution is 2.35. The number of nitrogens with zero attached hydrogens (tertiary/aromatic N) is 2. The number of piperidine rings is 1. The topological polar surface area (TPSA) is 71.5 Å². The number of aromatic nitrogens is 1. The molecule has 2 heterocycles. The quantitative estimate of drug-likeness (QED) is 0.839. The maximum Gasteiger partial charge on any atom is 0.257 e. The molecule has 6 heteroatoms. The predicted octanol–water partition coefficient (Wildman–Crippen LogP) is 3.77. The summed E-state index contributed by atoms with van der Waals surface area (Å²) in [7, 11) is 1.60. The van der Waals surface area contributed by atoms with Gasteiger partial charge in [-0.05, 0) is 56.9 Å². The van der Waals surface area contributed by atoms with Crippen molar-refractivity contribution in [3.8, 4) is 5.75 Å². The van der Waals surface area contributed by atoms with Crippen LogP contribution >= 0.6 is 0 Å². The summed E-state index contributed by atoms with van der Waals surface area (Å²) in [5.74, 6) is 1.27. The van der Waals surface area contributed by atoms with E-state index in [1.807, 2.05) is 42.2 Å². The average molecular weight is 393 g/mol. The Labute approximate surface area is 171 Å². The molecule has 2 amide bonds. The van der Waals surface area contributed by atoms with E-state index in [0.29, 0.717) is 22.9 Å². The summed E-state index contributed by atoms with van der Waals surface area (Å²) in [5.41, 5.74) is 3.02. The third-order valence-corrected chi connectivity index (χ3v) is 5.76. The number of hydrogen-bond donors (Lipinski definition) is 1. The van der Waals surface area contributed by atoms with Crippen LogP contribution in [0.4, 0.5) is 5.69 Å². The van der Waals surface area contributed by atoms with Gasteiger partial charge in [0.25, 0.3) is 5.91 Å². The minimum absolute atomic E-state index is 0.169. The molecule has 29 heavy (non-hydrogen) atoms. The Bertz CT molecular complexity index is 915. The zero-order chi connectivity index (χ0) is 20.4. The predicted molar refractivity (Wildman–Crippen MR) is 111 cm³/mol. The van der Waals surface area contributed by atoms with Crippen LogP contribution in [-0.2, 0) is 4.79 Å². The van der Waals surface area contributed by atoms with Crippen molar-refractivity contribution in [1.82, 2.24) is 9.88 Å². The van der Waals surface area contributed by atoms with Crippen LogP contribution in [0.25, 0.3) is 0 Å². The summed E-state index contributed by atoms with van der Waals surface area (Å²) in [4.78, 5) is 32.0. The van der Waals surface area contributed by atoms with Crippen LogP contribution in [0.2, 0.25) is 0 Å². The van der Waals surface area contributed by atoms with Crippen LogP contribution in [0.15, 0.2) is 36.4 Å². The number of carbonyl (C=O) groups excluding carboxylic acids is 2. The number of aryl methyl sites for hydroxylation is 1. The zero-order valence-corrected chi connectivity index (χ0v) is 17.0. The third kappa shape index (κ3) is 4.42. The maximum atomic E-state index is 13.0. The standard InChI is InChI=1S/C23H27N3O3/c1-15-6-9-20(22(27)25-18-4-3-5-19(14-18)29-2)21(24-15)16-10-12-26(13-11-16)23(28)17-7-8-17/h3-6,9,14,16-17H,7-8,10-13H2,1-2H3,(H,25,27). The van der Waals surface area contributed by atoms with Gasteiger partial charge in [-0.1, -0.05) is 6.07 Å². The van der Waals surface area contributed by atoms with E-state index in [0.717, 1.165) is 50.2 Å². The fraction of sp³-hybridized carbons (Fsp3) is 0.435. The van der Waals surface area contributed by atoms with Gasteiger partial charge in [-0.15, -0.1) is 0 Å². The van der Waals surface area contributed by atoms with Crippen molar-refractivity contribution in [2.45, 2.75) is 38.5 Å². The van der Waals surface area contributed by atoms with E-state index < -0.39 is 0 Å². The SMILES string of the molecule is COc1cccc(NC(=O)c2ccc(C)nc2C2CCN(C(=O)C3CC3)CC2)c1. The molecule has 2 fully saturated rings. The summed E-state index contributed by atoms with van der Waals surface area (Å²) >= 11 is 0. The van der Waals surface area contributed by atoms with Crippen LogP contribution < -0.4 is 10.1 Å². The molecule has 4 rings (SSSR count). The van der Waals surface area contributed by atoms with E-state index >= 15 is 0 Å². The number of anilines is 1. The van der Waals surface area contributed by atoms with Gasteiger partial charge in [0.05, 0.1) is 18.4 Å². The Kier molecular flexibility index (Phi) is 5.51. The largest absolute Gasteiger partial charge is 0.497 e. The van der Waals surface area contributed by atoms with E-state index in [1.165, 1.54) is 0 Å². The number of benzene rings is 1. The Balaban J connectivity index is 1.50. The Hall–Kier alpha value is -2.89. The second-order valence-corrected chi connectivity index (χ2v) is 7.95. The van der Waals surface area contributed by atoms with Crippen LogP contribution in [0, 0.1) is 12.8 Å². The van der Waals surface area contributed by atoms with Crippen LogP contribution in [0.1, 0.15) is 53.3 Å². The third-order valence-electron chi connectivity index (χ3n) is 5.76. The van der Waals surface area contributed by atoms with Crippen molar-refractivity contribution in [3.05, 3.63) is 53.3 Å². The van der Waals surface area contributed by atoms with E-state index in [2.05, 4.69) is 5.32 Å². The molecule has 0 radical (unpaired) electrons. The van der Waals surface area contributed by atoms with E-state index in [9.17, 15) is 9.59 Å². The molecule has 1 aliphatic heterocycles. The van der Waals surface area contributed by atoms with Crippen molar-refractivity contribution in [3.63, 3.8) is 0 Å². The monoisotopic (exact) mass is 393 g/mol. The normalized spacial score (nSPS) is 17.1. The molecule has 0 spiro atoms. The van der Waals surface area contributed by atoms with E-state index in [1.54, 1.807) is 13.2 Å². The van der Waals surface area contributed by atoms with Crippen molar-refractivity contribution >= 4 is 17.5 Å². The Morgan fingerprint density at radius 3 is 2.55 bits per heavy atom. The molecule has 0 unspecified atom stereocenters. The first-order valence-electron chi connectivity index (χ1n) is 10.3. The second-order valence-electron chi connectivity index (χ2n) is 7.95. The minimum Gasteiger partial charge on any atom is -0.497 e. The molecular formula is C23H27N3O3. The molecule has 1 aromatic heterocycles. The number of amides is 2. The van der Waals surface area contributed by atoms with Crippen LogP contribution in [0.5, 0.6) is 5.75 Å². The number of nitrogens with one attached hydrogen (secondary N) is 1. The number of methoxy groups -OCH3 is 1. The van der Waals surface area contributed by atoms with Gasteiger partial charge in [0.2, 0.25) is 5.91 Å². The summed E-state index contributed by atoms with van der Waals surface area (Å²) in [6.07, 6.45) is 3.75. The van der Waals surface area contributed by atoms with Gasteiger partial charge in [0.15, 0.2) is 0 Å². The molecule has 6 nitrogen and oxygen atoms in total. The highest BCUT2D eigenvalue weighted by Gasteiger charge is 2.35. The van der Waals surface area contributed by atoms with Crippen molar-refractivity contribution in [2.24, 2.45) is 5.92 Å². The second kappa shape index (κ2) is 8.23. The molecule has 1 N–H and O–H groups in total. The number of ether oxygens (including phenoxy) is 1. The lowest BCUT2D eigenvalue weighted by Gasteiger charge is -2.32. The zero-order valence-electron chi connectivity index (χ0n) is 17.0. The lowest BCUT2D eigenvalue weighted by atomic mass is 9.89. The summed E-state index contributed by atoms with van der Waals surface area (Å²) < 4.78 is 5.23. The fourth-order valence-electron chi connectivity index (χ4n) is 3.94. The smallest absolute Gasteiger partial charge is 0.257 e. The first-order chi connectivity index (χ1) is 14.0. The average Bonchev–Trinajstić information content (AvgIpc) is 3.59. The summed E-state index contributed by atoms with van der Waals surface area (Å²) in [6, 6.07) is 11.0. The fourth-order valence-corrected chi connectivity index (χ4v) is 3.94. The maximum absolute atomic E-state index is 13.0. The van der Waals surface area contributed by atoms with Crippen molar-refractivity contribution < 1.29 is 14.3 Å². The minimum atomic E-state index is -0.169. The molecule has 1 aliphatic carbocycles. The molecular weight excluding hydrogens is 366 g/mol. The molecule has 2 aromatic rings. The first-order valence-corrected chi connectivity index (χ1v) is 10.3. The van der Waals surface area contributed by atoms with Gasteiger partial charge >= 0.3 is 0 Å². The molecule has 0 bridgehead atoms. The number of carbonyl (C=O) groups is 2. The highest BCUT2D eigenvalue weighted by molar-refractivity contribution is 6.05. The van der Waals surface area contributed by atoms with Crippen molar-refractivity contribution in [1.29, 1.82) is 0 Å². The number of pyridine rings is 1. The first kappa shape index (κ1) is 19.4. The number of likely N-dealkylation sites (tertiary alicyclic amines) is 1. The molecule has 152 valence electrons. The lowest BCUT2D eigenvalue weighted by molar-refractivity contribution is -0.133. The summed E-state index contributed by atoms with van der Waals surface area (Å²) in [5, 5.41) is 2.96. The van der Waals surface area contributed by atoms with E-state index in [4.69, 9.17) is 9.72 Å². The number of hydrogen-bond acceptors (Lipinski definition) is 4. The molecule has 1 saturated carbocycles. The Morgan fingerprint density at radius 2 is 1.86 bits per heavy atom. The van der Waals surface area contributed by atoms with Gasteiger partial charge < -0.3 is 15.0 Å². The Morgan fingerprint density at radius 1 is 1.10 bits per heavy atom. The lowest BCUT2D eigenvalue weighted by Crippen LogP contribution is -2.39. The molecule has 1 aromatic carbocycles. The van der Waals surface area contributed by atoms with Crippen LogP contribution in [-0.4, -0.2) is 41.9 Å². The van der Waals surface area contributed by atoms with E-state index in [-0.39, 0.29) is 17.7 Å². The van der Waals surface area contributed by atoms with Gasteiger partial charge in [-0.3, -0.25) is 14.6 Å². The van der Waals surface area contributed by atoms with Gasteiger partial charge in [-0.2, -0.15) is 0 Å².